The molecule has 1 saturated heterocycles. The van der Waals surface area contributed by atoms with E-state index >= 15 is 0 Å². The average molecular weight is 341 g/mol. The number of imidazole rings is 1. The van der Waals surface area contributed by atoms with Crippen molar-refractivity contribution in [1.82, 2.24) is 14.3 Å². The van der Waals surface area contributed by atoms with Crippen LogP contribution in [0.25, 0.3) is 11.2 Å². The van der Waals surface area contributed by atoms with Gasteiger partial charge in [0.25, 0.3) is 0 Å². The van der Waals surface area contributed by atoms with Crippen LogP contribution in [0.1, 0.15) is 32.8 Å². The summed E-state index contributed by atoms with van der Waals surface area (Å²) in [5.41, 5.74) is 2.82. The van der Waals surface area contributed by atoms with Gasteiger partial charge in [0.2, 0.25) is 0 Å². The van der Waals surface area contributed by atoms with Crippen molar-refractivity contribution in [3.05, 3.63) is 42.4 Å². The van der Waals surface area contributed by atoms with Crippen LogP contribution in [-0.2, 0) is 9.47 Å². The van der Waals surface area contributed by atoms with Crippen molar-refractivity contribution in [2.45, 2.75) is 44.9 Å². The van der Waals surface area contributed by atoms with Crippen molar-refractivity contribution in [2.75, 3.05) is 13.2 Å². The lowest BCUT2D eigenvalue weighted by atomic mass is 9.90. The molecule has 4 rings (SSSR count). The first-order chi connectivity index (χ1) is 11.9. The molecule has 132 valence electrons. The molecule has 0 radical (unpaired) electrons. The highest BCUT2D eigenvalue weighted by atomic mass is 16.6. The number of pyridine rings is 1. The monoisotopic (exact) mass is 341 g/mol. The van der Waals surface area contributed by atoms with Crippen LogP contribution < -0.4 is 0 Å². The Morgan fingerprint density at radius 2 is 2.16 bits per heavy atom. The molecule has 1 amide bonds. The van der Waals surface area contributed by atoms with E-state index in [-0.39, 0.29) is 18.2 Å². The molecule has 1 fully saturated rings. The minimum atomic E-state index is -0.498. The van der Waals surface area contributed by atoms with Gasteiger partial charge in [-0.25, -0.2) is 9.78 Å². The summed E-state index contributed by atoms with van der Waals surface area (Å²) in [5, 5.41) is 0. The molecule has 0 aliphatic carbocycles. The predicted molar refractivity (Wildman–Crippen MR) is 94.3 cm³/mol. The predicted octanol–water partition coefficient (Wildman–Crippen LogP) is 3.13. The summed E-state index contributed by atoms with van der Waals surface area (Å²) >= 11 is 0. The summed E-state index contributed by atoms with van der Waals surface area (Å²) in [4.78, 5) is 18.8. The number of carbonyl (C=O) groups is 1. The summed E-state index contributed by atoms with van der Waals surface area (Å²) < 4.78 is 13.3. The normalized spacial score (nSPS) is 23.5. The Balaban J connectivity index is 1.63. The van der Waals surface area contributed by atoms with E-state index in [1.165, 1.54) is 5.57 Å². The fourth-order valence-electron chi connectivity index (χ4n) is 3.52. The summed E-state index contributed by atoms with van der Waals surface area (Å²) in [6.45, 7) is 6.72. The van der Waals surface area contributed by atoms with Gasteiger partial charge in [0.1, 0.15) is 11.2 Å². The van der Waals surface area contributed by atoms with Gasteiger partial charge >= 0.3 is 6.09 Å². The zero-order chi connectivity index (χ0) is 17.6. The van der Waals surface area contributed by atoms with Crippen molar-refractivity contribution in [3.8, 4) is 0 Å². The minimum absolute atomic E-state index is 0.00423. The van der Waals surface area contributed by atoms with Crippen molar-refractivity contribution in [2.24, 2.45) is 0 Å². The number of ether oxygens (including phenoxy) is 2. The Morgan fingerprint density at radius 1 is 1.32 bits per heavy atom. The van der Waals surface area contributed by atoms with Crippen molar-refractivity contribution >= 4 is 17.3 Å². The van der Waals surface area contributed by atoms with Gasteiger partial charge in [-0.1, -0.05) is 6.08 Å². The number of hydrogen-bond acceptors (Lipinski definition) is 4. The largest absolute Gasteiger partial charge is 0.444 e. The van der Waals surface area contributed by atoms with Gasteiger partial charge in [-0.2, -0.15) is 0 Å². The first kappa shape index (κ1) is 16.1. The number of amides is 1. The molecule has 25 heavy (non-hydrogen) atoms. The molecular formula is C19H23N3O3. The molecule has 6 heteroatoms. The number of hydrogen-bond donors (Lipinski definition) is 0. The number of carbonyl (C=O) groups excluding carboxylic acids is 1. The van der Waals surface area contributed by atoms with Crippen molar-refractivity contribution in [1.29, 1.82) is 0 Å². The molecule has 4 heterocycles. The maximum absolute atomic E-state index is 12.6. The van der Waals surface area contributed by atoms with E-state index in [0.29, 0.717) is 13.2 Å². The number of morpholine rings is 1. The second-order valence-electron chi connectivity index (χ2n) is 7.65. The summed E-state index contributed by atoms with van der Waals surface area (Å²) in [5.74, 6) is 0. The van der Waals surface area contributed by atoms with Crippen molar-refractivity contribution in [3.63, 3.8) is 0 Å². The van der Waals surface area contributed by atoms with Gasteiger partial charge in [-0.3, -0.25) is 4.90 Å². The SMILES string of the molecule is CC(C)(C)OC(=O)N1C2C=C(c3ccn4ccnc4c3)CC1COC2. The van der Waals surface area contributed by atoms with Gasteiger partial charge in [0.05, 0.1) is 25.3 Å². The van der Waals surface area contributed by atoms with E-state index in [2.05, 4.69) is 23.2 Å². The topological polar surface area (TPSA) is 56.1 Å². The van der Waals surface area contributed by atoms with E-state index in [0.717, 1.165) is 17.6 Å². The van der Waals surface area contributed by atoms with Gasteiger partial charge in [0, 0.05) is 18.6 Å². The van der Waals surface area contributed by atoms with Crippen LogP contribution in [-0.4, -0.2) is 51.3 Å². The highest BCUT2D eigenvalue weighted by Crippen LogP contribution is 2.33. The van der Waals surface area contributed by atoms with E-state index in [1.807, 2.05) is 42.5 Å². The third-order valence-electron chi connectivity index (χ3n) is 4.57. The summed E-state index contributed by atoms with van der Waals surface area (Å²) in [7, 11) is 0. The molecule has 6 nitrogen and oxygen atoms in total. The molecule has 2 aromatic heterocycles. The Hall–Kier alpha value is -2.34. The second-order valence-corrected chi connectivity index (χ2v) is 7.65. The maximum atomic E-state index is 12.6. The first-order valence-electron chi connectivity index (χ1n) is 8.63. The van der Waals surface area contributed by atoms with Gasteiger partial charge in [-0.05, 0) is 50.5 Å². The van der Waals surface area contributed by atoms with Crippen LogP contribution in [0.3, 0.4) is 0 Å². The number of fused-ring (bicyclic) bond motifs is 3. The quantitative estimate of drug-likeness (QED) is 0.800. The van der Waals surface area contributed by atoms with E-state index in [9.17, 15) is 4.79 Å². The highest BCUT2D eigenvalue weighted by molar-refractivity contribution is 5.75. The zero-order valence-corrected chi connectivity index (χ0v) is 14.8. The lowest BCUT2D eigenvalue weighted by Crippen LogP contribution is -2.57. The Kier molecular flexibility index (Phi) is 3.80. The zero-order valence-electron chi connectivity index (χ0n) is 14.8. The Labute approximate surface area is 147 Å². The van der Waals surface area contributed by atoms with E-state index < -0.39 is 5.60 Å². The van der Waals surface area contributed by atoms with Gasteiger partial charge in [0.15, 0.2) is 0 Å². The molecule has 2 bridgehead atoms. The lowest BCUT2D eigenvalue weighted by molar-refractivity contribution is -0.0510. The van der Waals surface area contributed by atoms with Crippen LogP contribution in [0.4, 0.5) is 4.79 Å². The van der Waals surface area contributed by atoms with Gasteiger partial charge in [-0.15, -0.1) is 0 Å². The molecule has 2 aromatic rings. The number of aromatic nitrogens is 2. The lowest BCUT2D eigenvalue weighted by Gasteiger charge is -2.44. The highest BCUT2D eigenvalue weighted by Gasteiger charge is 2.40. The molecule has 2 aliphatic heterocycles. The fraction of sp³-hybridized carbons (Fsp3) is 0.474. The Morgan fingerprint density at radius 3 is 2.92 bits per heavy atom. The third-order valence-corrected chi connectivity index (χ3v) is 4.57. The Bertz CT molecular complexity index is 834. The van der Waals surface area contributed by atoms with E-state index in [1.54, 1.807) is 6.20 Å². The van der Waals surface area contributed by atoms with Crippen LogP contribution in [0.2, 0.25) is 0 Å². The number of nitrogens with zero attached hydrogens (tertiary/aromatic N) is 3. The molecule has 0 N–H and O–H groups in total. The standard InChI is InChI=1S/C19H23N3O3/c1-19(2,3)25-18(23)22-15-8-14(9-16(22)12-24-11-15)13-4-6-21-7-5-20-17(21)10-13/h4-8,10,15-16H,9,11-12H2,1-3H3. The van der Waals surface area contributed by atoms with E-state index in [4.69, 9.17) is 9.47 Å². The van der Waals surface area contributed by atoms with Crippen LogP contribution >= 0.6 is 0 Å². The summed E-state index contributed by atoms with van der Waals surface area (Å²) in [6.07, 6.45) is 8.37. The molecule has 2 atom stereocenters. The molecule has 0 aromatic carbocycles. The van der Waals surface area contributed by atoms with Crippen LogP contribution in [0.15, 0.2) is 36.8 Å². The van der Waals surface area contributed by atoms with Crippen LogP contribution in [0.5, 0.6) is 0 Å². The smallest absolute Gasteiger partial charge is 0.411 e. The molecule has 0 spiro atoms. The number of rotatable bonds is 1. The molecule has 0 saturated carbocycles. The second kappa shape index (κ2) is 5.88. The molecular weight excluding hydrogens is 318 g/mol. The summed E-state index contributed by atoms with van der Waals surface area (Å²) in [6, 6.07) is 4.10. The molecule has 2 unspecified atom stereocenters. The third kappa shape index (κ3) is 3.14. The minimum Gasteiger partial charge on any atom is -0.444 e. The maximum Gasteiger partial charge on any atom is 0.411 e. The van der Waals surface area contributed by atoms with Crippen LogP contribution in [0, 0.1) is 0 Å². The first-order valence-corrected chi connectivity index (χ1v) is 8.63. The fourth-order valence-corrected chi connectivity index (χ4v) is 3.52. The van der Waals surface area contributed by atoms with Gasteiger partial charge < -0.3 is 13.9 Å². The molecule has 2 aliphatic rings. The average Bonchev–Trinajstić information content (AvgIpc) is 2.99. The van der Waals surface area contributed by atoms with Crippen molar-refractivity contribution < 1.29 is 14.3 Å².